The van der Waals surface area contributed by atoms with Gasteiger partial charge in [0.25, 0.3) is 5.56 Å². The largest absolute Gasteiger partial charge is 0.368 e. The van der Waals surface area contributed by atoms with E-state index in [2.05, 4.69) is 20.3 Å². The summed E-state index contributed by atoms with van der Waals surface area (Å²) in [4.78, 5) is 18.3. The molecule has 5 rings (SSSR count). The number of hydrogen-bond donors (Lipinski definition) is 2. The molecule has 0 saturated carbocycles. The standard InChI is InChI=1S/C20H18ClN5O/c21-16-11-17-14(10-18(16)25-8-6-22-7-9-25)19-15(12-23-17)20(27)26(24-19)13-4-2-1-3-5-13/h1-5,10-12,22-23H,6-9H2. The fourth-order valence-corrected chi connectivity index (χ4v) is 3.95. The van der Waals surface area contributed by atoms with Gasteiger partial charge in [0.1, 0.15) is 5.69 Å². The van der Waals surface area contributed by atoms with Crippen LogP contribution in [0.4, 0.5) is 5.69 Å². The van der Waals surface area contributed by atoms with Crippen molar-refractivity contribution in [3.63, 3.8) is 0 Å². The van der Waals surface area contributed by atoms with E-state index < -0.39 is 0 Å². The maximum absolute atomic E-state index is 12.9. The van der Waals surface area contributed by atoms with Gasteiger partial charge in [-0.3, -0.25) is 4.79 Å². The number of aromatic amines is 1. The number of halogens is 1. The highest BCUT2D eigenvalue weighted by molar-refractivity contribution is 6.34. The Bertz CT molecular complexity index is 1140. The molecule has 0 bridgehead atoms. The van der Waals surface area contributed by atoms with Gasteiger partial charge in [-0.1, -0.05) is 29.8 Å². The minimum absolute atomic E-state index is 0.131. The number of H-pyrrole nitrogens is 1. The molecule has 0 radical (unpaired) electrons. The number of piperazine rings is 1. The first kappa shape index (κ1) is 16.4. The van der Waals surface area contributed by atoms with E-state index in [1.165, 1.54) is 4.68 Å². The van der Waals surface area contributed by atoms with Gasteiger partial charge < -0.3 is 15.2 Å². The summed E-state index contributed by atoms with van der Waals surface area (Å²) in [6, 6.07) is 13.4. The Hall–Kier alpha value is -2.83. The molecular formula is C20H18ClN5O. The van der Waals surface area contributed by atoms with Crippen LogP contribution in [0.25, 0.3) is 27.8 Å². The first-order chi connectivity index (χ1) is 13.2. The first-order valence-corrected chi connectivity index (χ1v) is 9.35. The second-order valence-corrected chi connectivity index (χ2v) is 7.10. The first-order valence-electron chi connectivity index (χ1n) is 8.97. The van der Waals surface area contributed by atoms with E-state index >= 15 is 0 Å². The molecule has 0 aromatic heterocycles. The summed E-state index contributed by atoms with van der Waals surface area (Å²) in [7, 11) is 0. The third kappa shape index (κ3) is 2.69. The Balaban J connectivity index is 1.73. The summed E-state index contributed by atoms with van der Waals surface area (Å²) in [6.45, 7) is 3.66. The van der Waals surface area contributed by atoms with Crippen LogP contribution in [-0.4, -0.2) is 40.9 Å². The second kappa shape index (κ2) is 6.40. The Morgan fingerprint density at radius 1 is 1.07 bits per heavy atom. The molecule has 0 atom stereocenters. The highest BCUT2D eigenvalue weighted by Gasteiger charge is 2.21. The Labute approximate surface area is 160 Å². The molecule has 1 saturated heterocycles. The zero-order valence-corrected chi connectivity index (χ0v) is 15.3. The number of para-hydroxylation sites is 1. The predicted molar refractivity (Wildman–Crippen MR) is 108 cm³/mol. The lowest BCUT2D eigenvalue weighted by Gasteiger charge is -2.30. The molecule has 0 unspecified atom stereocenters. The van der Waals surface area contributed by atoms with Crippen LogP contribution in [0, 0.1) is 0 Å². The number of nitrogens with zero attached hydrogens (tertiary/aromatic N) is 3. The summed E-state index contributed by atoms with van der Waals surface area (Å²) in [5.41, 5.74) is 3.72. The van der Waals surface area contributed by atoms with Gasteiger partial charge in [-0.05, 0) is 24.3 Å². The molecule has 0 aliphatic carbocycles. The fraction of sp³-hybridized carbons (Fsp3) is 0.200. The van der Waals surface area contributed by atoms with E-state index in [4.69, 9.17) is 11.6 Å². The molecule has 0 amide bonds. The topological polar surface area (TPSA) is 66.0 Å². The van der Waals surface area contributed by atoms with E-state index in [9.17, 15) is 4.79 Å². The number of hydrogen-bond acceptors (Lipinski definition) is 4. The van der Waals surface area contributed by atoms with Gasteiger partial charge in [0.05, 0.1) is 22.0 Å². The van der Waals surface area contributed by atoms with Crippen molar-refractivity contribution < 1.29 is 0 Å². The number of aromatic nitrogens is 3. The minimum atomic E-state index is -0.131. The average molecular weight is 380 g/mol. The highest BCUT2D eigenvalue weighted by atomic mass is 35.5. The summed E-state index contributed by atoms with van der Waals surface area (Å²) < 4.78 is 1.46. The number of pyridine rings is 1. The lowest BCUT2D eigenvalue weighted by atomic mass is 10.1. The summed E-state index contributed by atoms with van der Waals surface area (Å²) in [5, 5.41) is 9.59. The molecule has 3 heterocycles. The van der Waals surface area contributed by atoms with Crippen LogP contribution in [0.5, 0.6) is 0 Å². The predicted octanol–water partition coefficient (Wildman–Crippen LogP) is 2.88. The van der Waals surface area contributed by atoms with Crippen molar-refractivity contribution in [2.24, 2.45) is 0 Å². The Morgan fingerprint density at radius 3 is 2.63 bits per heavy atom. The van der Waals surface area contributed by atoms with Gasteiger partial charge >= 0.3 is 0 Å². The quantitative estimate of drug-likeness (QED) is 0.562. The van der Waals surface area contributed by atoms with Crippen molar-refractivity contribution in [2.45, 2.75) is 0 Å². The van der Waals surface area contributed by atoms with Crippen LogP contribution in [0.1, 0.15) is 0 Å². The van der Waals surface area contributed by atoms with Crippen molar-refractivity contribution in [3.8, 4) is 16.9 Å². The van der Waals surface area contributed by atoms with Crippen LogP contribution in [-0.2, 0) is 0 Å². The molecule has 2 N–H and O–H groups in total. The monoisotopic (exact) mass is 379 g/mol. The third-order valence-corrected chi connectivity index (χ3v) is 5.35. The third-order valence-electron chi connectivity index (χ3n) is 5.05. The number of nitrogens with one attached hydrogen (secondary N) is 2. The van der Waals surface area contributed by atoms with Gasteiger partial charge in [0.2, 0.25) is 0 Å². The van der Waals surface area contributed by atoms with Crippen LogP contribution >= 0.6 is 11.6 Å². The summed E-state index contributed by atoms with van der Waals surface area (Å²) in [6.07, 6.45) is 1.72. The van der Waals surface area contributed by atoms with Crippen LogP contribution < -0.4 is 15.8 Å². The maximum Gasteiger partial charge on any atom is 0.282 e. The van der Waals surface area contributed by atoms with E-state index in [1.807, 2.05) is 42.5 Å². The minimum Gasteiger partial charge on any atom is -0.368 e. The lowest BCUT2D eigenvalue weighted by Crippen LogP contribution is -2.43. The van der Waals surface area contributed by atoms with Crippen LogP contribution in [0.15, 0.2) is 53.5 Å². The van der Waals surface area contributed by atoms with Crippen molar-refractivity contribution in [1.82, 2.24) is 20.1 Å². The van der Waals surface area contributed by atoms with Crippen molar-refractivity contribution in [2.75, 3.05) is 31.1 Å². The smallest absolute Gasteiger partial charge is 0.282 e. The van der Waals surface area contributed by atoms with Gasteiger partial charge in [0.15, 0.2) is 0 Å². The number of rotatable bonds is 2. The number of benzene rings is 2. The molecule has 3 aliphatic heterocycles. The van der Waals surface area contributed by atoms with Crippen molar-refractivity contribution in [1.29, 1.82) is 0 Å². The SMILES string of the molecule is O=c1c2c[nH]c3cc(Cl)c(N4CCNCC4)cc3c-2nn1-c1ccccc1. The lowest BCUT2D eigenvalue weighted by molar-refractivity contribution is 0.589. The van der Waals surface area contributed by atoms with E-state index in [0.29, 0.717) is 16.3 Å². The molecule has 6 nitrogen and oxygen atoms in total. The zero-order valence-electron chi connectivity index (χ0n) is 14.6. The normalized spacial score (nSPS) is 14.9. The molecule has 3 aliphatic rings. The van der Waals surface area contributed by atoms with E-state index in [0.717, 1.165) is 48.5 Å². The van der Waals surface area contributed by atoms with Crippen molar-refractivity contribution in [3.05, 3.63) is 64.0 Å². The molecule has 0 spiro atoms. The van der Waals surface area contributed by atoms with E-state index in [1.54, 1.807) is 6.20 Å². The second-order valence-electron chi connectivity index (χ2n) is 6.69. The number of fused-ring (bicyclic) bond motifs is 3. The van der Waals surface area contributed by atoms with Gasteiger partial charge in [-0.25, -0.2) is 0 Å². The Kier molecular flexibility index (Phi) is 3.88. The van der Waals surface area contributed by atoms with Crippen molar-refractivity contribution >= 4 is 28.2 Å². The molecule has 7 heteroatoms. The average Bonchev–Trinajstić information content (AvgIpc) is 3.06. The number of anilines is 1. The van der Waals surface area contributed by atoms with Crippen LogP contribution in [0.2, 0.25) is 5.02 Å². The van der Waals surface area contributed by atoms with E-state index in [-0.39, 0.29) is 5.56 Å². The molecule has 136 valence electrons. The summed E-state index contributed by atoms with van der Waals surface area (Å²) >= 11 is 6.55. The fourth-order valence-electron chi connectivity index (χ4n) is 3.66. The highest BCUT2D eigenvalue weighted by Crippen LogP contribution is 2.34. The Morgan fingerprint density at radius 2 is 1.85 bits per heavy atom. The zero-order chi connectivity index (χ0) is 18.4. The maximum atomic E-state index is 12.9. The molecule has 2 aromatic carbocycles. The summed E-state index contributed by atoms with van der Waals surface area (Å²) in [5.74, 6) is 0. The molecule has 2 aromatic rings. The van der Waals surface area contributed by atoms with Gasteiger partial charge in [-0.2, -0.15) is 9.78 Å². The van der Waals surface area contributed by atoms with Gasteiger partial charge in [0, 0.05) is 43.3 Å². The molecule has 1 fully saturated rings. The molecule has 27 heavy (non-hydrogen) atoms. The van der Waals surface area contributed by atoms with Gasteiger partial charge in [-0.15, -0.1) is 0 Å². The van der Waals surface area contributed by atoms with Crippen LogP contribution in [0.3, 0.4) is 0 Å². The molecular weight excluding hydrogens is 362 g/mol.